The summed E-state index contributed by atoms with van der Waals surface area (Å²) in [6.07, 6.45) is 4.01. The van der Waals surface area contributed by atoms with Gasteiger partial charge in [-0.05, 0) is 52.5 Å². The van der Waals surface area contributed by atoms with Crippen LogP contribution in [0.1, 0.15) is 83.4 Å². The van der Waals surface area contributed by atoms with Crippen molar-refractivity contribution >= 4 is 23.4 Å². The Balaban J connectivity index is 0.00000240. The standard InChI is InChI=1S/C21H30N6O.ClH/c1-12(2)15-11-14(16-13(3)25-27(17(16)23-15)20(4,5)6)18-24-19(26-28-18)21(22)9-7-8-10-21;/h11-12H,7-10,22H2,1-6H3;1H. The van der Waals surface area contributed by atoms with Crippen LogP contribution in [0.4, 0.5) is 0 Å². The number of halogens is 1. The van der Waals surface area contributed by atoms with Gasteiger partial charge < -0.3 is 10.3 Å². The van der Waals surface area contributed by atoms with Crippen LogP contribution in [0.3, 0.4) is 0 Å². The maximum absolute atomic E-state index is 6.54. The van der Waals surface area contributed by atoms with Gasteiger partial charge in [0.1, 0.15) is 0 Å². The van der Waals surface area contributed by atoms with Crippen molar-refractivity contribution < 1.29 is 4.52 Å². The summed E-state index contributed by atoms with van der Waals surface area (Å²) < 4.78 is 7.71. The molecular weight excluding hydrogens is 388 g/mol. The maximum Gasteiger partial charge on any atom is 0.258 e. The molecule has 1 aliphatic rings. The molecule has 29 heavy (non-hydrogen) atoms. The molecule has 8 heteroatoms. The molecule has 4 rings (SSSR count). The zero-order valence-electron chi connectivity index (χ0n) is 18.1. The fourth-order valence-corrected chi connectivity index (χ4v) is 4.01. The van der Waals surface area contributed by atoms with E-state index in [0.717, 1.165) is 53.7 Å². The summed E-state index contributed by atoms with van der Waals surface area (Å²) in [5.74, 6) is 1.37. The van der Waals surface area contributed by atoms with Crippen molar-refractivity contribution in [3.8, 4) is 11.5 Å². The summed E-state index contributed by atoms with van der Waals surface area (Å²) in [6, 6.07) is 2.06. The minimum atomic E-state index is -0.473. The van der Waals surface area contributed by atoms with Gasteiger partial charge in [-0.3, -0.25) is 0 Å². The van der Waals surface area contributed by atoms with Gasteiger partial charge in [0.15, 0.2) is 11.5 Å². The lowest BCUT2D eigenvalue weighted by atomic mass is 9.98. The molecule has 0 radical (unpaired) electrons. The largest absolute Gasteiger partial charge is 0.334 e. The number of aromatic nitrogens is 5. The third kappa shape index (κ3) is 3.66. The normalized spacial score (nSPS) is 16.6. The van der Waals surface area contributed by atoms with E-state index in [-0.39, 0.29) is 23.9 Å². The highest BCUT2D eigenvalue weighted by Crippen LogP contribution is 2.38. The fraction of sp³-hybridized carbons (Fsp3) is 0.619. The number of nitrogens with zero attached hydrogens (tertiary/aromatic N) is 5. The van der Waals surface area contributed by atoms with Gasteiger partial charge in [-0.15, -0.1) is 12.4 Å². The molecule has 7 nitrogen and oxygen atoms in total. The molecule has 0 unspecified atom stereocenters. The first kappa shape index (κ1) is 21.7. The first-order valence-electron chi connectivity index (χ1n) is 10.1. The minimum absolute atomic E-state index is 0. The van der Waals surface area contributed by atoms with Crippen LogP contribution in [0, 0.1) is 6.92 Å². The number of nitrogens with two attached hydrogens (primary N) is 1. The van der Waals surface area contributed by atoms with Crippen molar-refractivity contribution in [1.29, 1.82) is 0 Å². The van der Waals surface area contributed by atoms with Gasteiger partial charge in [-0.1, -0.05) is 31.8 Å². The number of rotatable bonds is 3. The first-order valence-corrected chi connectivity index (χ1v) is 10.1. The van der Waals surface area contributed by atoms with Crippen LogP contribution in [-0.4, -0.2) is 24.9 Å². The Morgan fingerprint density at radius 1 is 1.17 bits per heavy atom. The van der Waals surface area contributed by atoms with E-state index in [2.05, 4.69) is 45.8 Å². The van der Waals surface area contributed by atoms with Crippen LogP contribution in [0.15, 0.2) is 10.6 Å². The Kier molecular flexibility index (Phi) is 5.51. The number of fused-ring (bicyclic) bond motifs is 1. The molecule has 0 atom stereocenters. The van der Waals surface area contributed by atoms with Crippen LogP contribution in [0.25, 0.3) is 22.5 Å². The highest BCUT2D eigenvalue weighted by Gasteiger charge is 2.36. The van der Waals surface area contributed by atoms with Crippen LogP contribution >= 0.6 is 12.4 Å². The average molecular weight is 419 g/mol. The molecule has 1 aliphatic carbocycles. The molecule has 0 saturated heterocycles. The van der Waals surface area contributed by atoms with Crippen LogP contribution < -0.4 is 5.73 Å². The SMILES string of the molecule is Cc1nn(C(C)(C)C)c2nc(C(C)C)cc(-c3nc(C4(N)CCCC4)no3)c12.Cl. The van der Waals surface area contributed by atoms with Crippen LogP contribution in [0.2, 0.25) is 0 Å². The van der Waals surface area contributed by atoms with Crippen LogP contribution in [0.5, 0.6) is 0 Å². The van der Waals surface area contributed by atoms with E-state index in [1.165, 1.54) is 0 Å². The zero-order valence-corrected chi connectivity index (χ0v) is 18.9. The maximum atomic E-state index is 6.54. The predicted molar refractivity (Wildman–Crippen MR) is 116 cm³/mol. The van der Waals surface area contributed by atoms with E-state index in [1.54, 1.807) is 0 Å². The molecule has 3 aromatic heterocycles. The summed E-state index contributed by atoms with van der Waals surface area (Å²) in [6.45, 7) is 12.7. The van der Waals surface area contributed by atoms with Gasteiger partial charge in [0.2, 0.25) is 0 Å². The molecule has 1 fully saturated rings. The number of aryl methyl sites for hydroxylation is 1. The average Bonchev–Trinajstić information content (AvgIpc) is 3.33. The number of pyridine rings is 1. The van der Waals surface area contributed by atoms with Gasteiger partial charge in [-0.25, -0.2) is 9.67 Å². The second kappa shape index (κ2) is 7.36. The molecule has 3 aromatic rings. The highest BCUT2D eigenvalue weighted by atomic mass is 35.5. The lowest BCUT2D eigenvalue weighted by Gasteiger charge is -2.20. The molecule has 0 aromatic carbocycles. The molecule has 0 bridgehead atoms. The molecule has 1 saturated carbocycles. The van der Waals surface area contributed by atoms with E-state index >= 15 is 0 Å². The Morgan fingerprint density at radius 2 is 1.83 bits per heavy atom. The van der Waals surface area contributed by atoms with Crippen molar-refractivity contribution in [3.63, 3.8) is 0 Å². The van der Waals surface area contributed by atoms with Crippen molar-refractivity contribution in [2.45, 2.75) is 84.2 Å². The van der Waals surface area contributed by atoms with Gasteiger partial charge in [0.25, 0.3) is 5.89 Å². The third-order valence-electron chi connectivity index (χ3n) is 5.66. The highest BCUT2D eigenvalue weighted by molar-refractivity contribution is 5.93. The van der Waals surface area contributed by atoms with E-state index in [0.29, 0.717) is 11.7 Å². The molecule has 2 N–H and O–H groups in total. The molecule has 0 amide bonds. The van der Waals surface area contributed by atoms with E-state index < -0.39 is 5.54 Å². The van der Waals surface area contributed by atoms with E-state index in [9.17, 15) is 0 Å². The van der Waals surface area contributed by atoms with Gasteiger partial charge >= 0.3 is 0 Å². The topological polar surface area (TPSA) is 95.7 Å². The summed E-state index contributed by atoms with van der Waals surface area (Å²) in [4.78, 5) is 9.66. The lowest BCUT2D eigenvalue weighted by Crippen LogP contribution is -2.34. The van der Waals surface area contributed by atoms with E-state index in [4.69, 9.17) is 25.3 Å². The number of hydrogen-bond donors (Lipinski definition) is 1. The summed E-state index contributed by atoms with van der Waals surface area (Å²) >= 11 is 0. The smallest absolute Gasteiger partial charge is 0.258 e. The summed E-state index contributed by atoms with van der Waals surface area (Å²) in [5.41, 5.74) is 9.52. The quantitative estimate of drug-likeness (QED) is 0.655. The Bertz CT molecular complexity index is 1020. The van der Waals surface area contributed by atoms with Gasteiger partial charge in [-0.2, -0.15) is 10.1 Å². The lowest BCUT2D eigenvalue weighted by molar-refractivity contribution is 0.364. The third-order valence-corrected chi connectivity index (χ3v) is 5.66. The molecular formula is C21H31ClN6O. The van der Waals surface area contributed by atoms with E-state index in [1.807, 2.05) is 11.6 Å². The van der Waals surface area contributed by atoms with Gasteiger partial charge in [0.05, 0.1) is 27.7 Å². The van der Waals surface area contributed by atoms with Gasteiger partial charge in [0, 0.05) is 5.69 Å². The van der Waals surface area contributed by atoms with Crippen molar-refractivity contribution in [2.75, 3.05) is 0 Å². The molecule has 0 aliphatic heterocycles. The Labute approximate surface area is 177 Å². The molecule has 0 spiro atoms. The van der Waals surface area contributed by atoms with Crippen molar-refractivity contribution in [3.05, 3.63) is 23.3 Å². The Morgan fingerprint density at radius 3 is 2.41 bits per heavy atom. The first-order chi connectivity index (χ1) is 13.1. The second-order valence-electron chi connectivity index (χ2n) is 9.40. The monoisotopic (exact) mass is 418 g/mol. The minimum Gasteiger partial charge on any atom is -0.334 e. The summed E-state index contributed by atoms with van der Waals surface area (Å²) in [5, 5.41) is 10.0. The van der Waals surface area contributed by atoms with Crippen LogP contribution in [-0.2, 0) is 11.1 Å². The molecule has 3 heterocycles. The second-order valence-corrected chi connectivity index (χ2v) is 9.40. The summed E-state index contributed by atoms with van der Waals surface area (Å²) in [7, 11) is 0. The number of hydrogen-bond acceptors (Lipinski definition) is 6. The Hall–Kier alpha value is -1.99. The zero-order chi connectivity index (χ0) is 20.3. The molecule has 158 valence electrons. The van der Waals surface area contributed by atoms with Crippen molar-refractivity contribution in [2.24, 2.45) is 5.73 Å². The predicted octanol–water partition coefficient (Wildman–Crippen LogP) is 4.82. The fourth-order valence-electron chi connectivity index (χ4n) is 4.01. The van der Waals surface area contributed by atoms with Crippen molar-refractivity contribution in [1.82, 2.24) is 24.9 Å².